The van der Waals surface area contributed by atoms with Crippen LogP contribution in [0.4, 0.5) is 17.1 Å². The van der Waals surface area contributed by atoms with Crippen molar-refractivity contribution in [1.29, 1.82) is 0 Å². The molecule has 0 unspecified atom stereocenters. The number of fused-ring (bicyclic) bond motifs is 10. The predicted octanol–water partition coefficient (Wildman–Crippen LogP) is 14.1. The van der Waals surface area contributed by atoms with Gasteiger partial charge in [-0.3, -0.25) is 0 Å². The van der Waals surface area contributed by atoms with Gasteiger partial charge in [-0.2, -0.15) is 0 Å². The molecular weight excluding hydrogens is 635 g/mol. The summed E-state index contributed by atoms with van der Waals surface area (Å²) in [5.74, 6) is 0. The first-order valence-corrected chi connectivity index (χ1v) is 17.9. The van der Waals surface area contributed by atoms with Gasteiger partial charge in [-0.25, -0.2) is 0 Å². The minimum absolute atomic E-state index is 0.138. The van der Waals surface area contributed by atoms with Crippen molar-refractivity contribution in [1.82, 2.24) is 0 Å². The maximum absolute atomic E-state index is 6.78. The Balaban J connectivity index is 1.17. The lowest BCUT2D eigenvalue weighted by Crippen LogP contribution is -2.16. The summed E-state index contributed by atoms with van der Waals surface area (Å²) in [6.07, 6.45) is 0. The summed E-state index contributed by atoms with van der Waals surface area (Å²) in [7, 11) is 0. The molecule has 1 aliphatic carbocycles. The molecule has 0 amide bonds. The Bertz CT molecular complexity index is 3070. The summed E-state index contributed by atoms with van der Waals surface area (Å²) in [5.41, 5.74) is 14.1. The minimum Gasteiger partial charge on any atom is -0.456 e. The normalized spacial score (nSPS) is 13.3. The Hall–Kier alpha value is -6.58. The van der Waals surface area contributed by atoms with Crippen molar-refractivity contribution in [3.8, 4) is 22.3 Å². The van der Waals surface area contributed by atoms with Crippen LogP contribution in [0.3, 0.4) is 0 Å². The standard InChI is InChI=1S/C49H33NO2/c1-49(2)42-19-8-5-14-34(42)35-24-22-33(29-43(35)49)50(32-23-25-46-41(28-32)37-16-7-10-21-45(37)51-46)44-20-9-6-15-36(44)38-17-11-18-39-40-26-30-12-3-4-13-31(30)27-47(40)52-48(38)39/h3-29H,1-2H3. The van der Waals surface area contributed by atoms with Crippen molar-refractivity contribution in [3.63, 3.8) is 0 Å². The van der Waals surface area contributed by atoms with Crippen LogP contribution in [-0.4, -0.2) is 0 Å². The molecule has 52 heavy (non-hydrogen) atoms. The third-order valence-corrected chi connectivity index (χ3v) is 11.2. The van der Waals surface area contributed by atoms with E-state index in [-0.39, 0.29) is 5.41 Å². The van der Waals surface area contributed by atoms with Crippen molar-refractivity contribution in [3.05, 3.63) is 175 Å². The number of benzene rings is 8. The molecule has 0 fully saturated rings. The van der Waals surface area contributed by atoms with Crippen LogP contribution in [0.15, 0.2) is 173 Å². The Morgan fingerprint density at radius 1 is 0.404 bits per heavy atom. The fourth-order valence-corrected chi connectivity index (χ4v) is 8.70. The molecule has 3 nitrogen and oxygen atoms in total. The average Bonchev–Trinajstić information content (AvgIpc) is 3.81. The van der Waals surface area contributed by atoms with Gasteiger partial charge < -0.3 is 13.7 Å². The molecule has 11 rings (SSSR count). The zero-order valence-electron chi connectivity index (χ0n) is 28.9. The second-order valence-corrected chi connectivity index (χ2v) is 14.5. The monoisotopic (exact) mass is 667 g/mol. The van der Waals surface area contributed by atoms with Gasteiger partial charge in [0.25, 0.3) is 0 Å². The largest absolute Gasteiger partial charge is 0.456 e. The van der Waals surface area contributed by atoms with Gasteiger partial charge in [0.05, 0.1) is 5.69 Å². The molecule has 1 aliphatic rings. The second-order valence-electron chi connectivity index (χ2n) is 14.5. The molecule has 0 saturated carbocycles. The summed E-state index contributed by atoms with van der Waals surface area (Å²) < 4.78 is 13.1. The van der Waals surface area contributed by atoms with Crippen LogP contribution < -0.4 is 4.90 Å². The van der Waals surface area contributed by atoms with Crippen LogP contribution in [-0.2, 0) is 5.41 Å². The lowest BCUT2D eigenvalue weighted by atomic mass is 9.82. The summed E-state index contributed by atoms with van der Waals surface area (Å²) in [6, 6.07) is 58.8. The average molecular weight is 668 g/mol. The van der Waals surface area contributed by atoms with E-state index in [0.717, 1.165) is 72.1 Å². The number of nitrogens with zero attached hydrogens (tertiary/aromatic N) is 1. The Kier molecular flexibility index (Phi) is 6.01. The quantitative estimate of drug-likeness (QED) is 0.187. The molecule has 0 bridgehead atoms. The topological polar surface area (TPSA) is 29.5 Å². The highest BCUT2D eigenvalue weighted by Gasteiger charge is 2.36. The van der Waals surface area contributed by atoms with Crippen molar-refractivity contribution >= 4 is 71.7 Å². The summed E-state index contributed by atoms with van der Waals surface area (Å²) in [5, 5.41) is 6.82. The molecule has 0 atom stereocenters. The first-order valence-electron chi connectivity index (χ1n) is 17.9. The summed E-state index contributed by atoms with van der Waals surface area (Å²) in [6.45, 7) is 4.68. The number of furan rings is 2. The van der Waals surface area contributed by atoms with Gasteiger partial charge in [-0.1, -0.05) is 123 Å². The lowest BCUT2D eigenvalue weighted by molar-refractivity contribution is 0.660. The van der Waals surface area contributed by atoms with Crippen LogP contribution >= 0.6 is 0 Å². The van der Waals surface area contributed by atoms with Gasteiger partial charge in [0.15, 0.2) is 0 Å². The van der Waals surface area contributed by atoms with E-state index in [0.29, 0.717) is 0 Å². The van der Waals surface area contributed by atoms with Crippen molar-refractivity contribution in [2.24, 2.45) is 0 Å². The third kappa shape index (κ3) is 4.14. The molecule has 2 aromatic heterocycles. The molecular formula is C49H33NO2. The molecule has 3 heteroatoms. The number of hydrogen-bond acceptors (Lipinski definition) is 3. The van der Waals surface area contributed by atoms with Crippen molar-refractivity contribution in [2.45, 2.75) is 19.3 Å². The molecule has 0 spiro atoms. The van der Waals surface area contributed by atoms with Crippen LogP contribution in [0.5, 0.6) is 0 Å². The molecule has 246 valence electrons. The van der Waals surface area contributed by atoms with Crippen LogP contribution in [0, 0.1) is 0 Å². The van der Waals surface area contributed by atoms with E-state index in [9.17, 15) is 0 Å². The van der Waals surface area contributed by atoms with Gasteiger partial charge in [0.1, 0.15) is 22.3 Å². The number of anilines is 3. The molecule has 0 aliphatic heterocycles. The van der Waals surface area contributed by atoms with E-state index in [1.165, 1.54) is 33.0 Å². The van der Waals surface area contributed by atoms with E-state index in [4.69, 9.17) is 8.83 Å². The number of rotatable bonds is 4. The van der Waals surface area contributed by atoms with Gasteiger partial charge in [-0.05, 0) is 87.6 Å². The predicted molar refractivity (Wildman–Crippen MR) is 216 cm³/mol. The maximum Gasteiger partial charge on any atom is 0.143 e. The van der Waals surface area contributed by atoms with Gasteiger partial charge >= 0.3 is 0 Å². The highest BCUT2D eigenvalue weighted by molar-refractivity contribution is 6.14. The first kappa shape index (κ1) is 29.2. The van der Waals surface area contributed by atoms with E-state index >= 15 is 0 Å². The van der Waals surface area contributed by atoms with Crippen molar-refractivity contribution < 1.29 is 8.83 Å². The smallest absolute Gasteiger partial charge is 0.143 e. The van der Waals surface area contributed by atoms with Crippen molar-refractivity contribution in [2.75, 3.05) is 4.90 Å². The number of para-hydroxylation sites is 3. The zero-order valence-corrected chi connectivity index (χ0v) is 28.9. The number of hydrogen-bond donors (Lipinski definition) is 0. The van der Waals surface area contributed by atoms with E-state index < -0.39 is 0 Å². The molecule has 0 N–H and O–H groups in total. The van der Waals surface area contributed by atoms with E-state index in [2.05, 4.69) is 170 Å². The van der Waals surface area contributed by atoms with E-state index in [1.807, 2.05) is 12.1 Å². The van der Waals surface area contributed by atoms with Crippen LogP contribution in [0.2, 0.25) is 0 Å². The van der Waals surface area contributed by atoms with Crippen LogP contribution in [0.25, 0.3) is 76.9 Å². The second kappa shape index (κ2) is 10.7. The highest BCUT2D eigenvalue weighted by Crippen LogP contribution is 2.52. The molecule has 10 aromatic rings. The van der Waals surface area contributed by atoms with Gasteiger partial charge in [0.2, 0.25) is 0 Å². The molecule has 2 heterocycles. The zero-order chi connectivity index (χ0) is 34.6. The minimum atomic E-state index is -0.138. The first-order chi connectivity index (χ1) is 25.5. The van der Waals surface area contributed by atoms with Gasteiger partial charge in [0, 0.05) is 49.5 Å². The van der Waals surface area contributed by atoms with E-state index in [1.54, 1.807) is 0 Å². The van der Waals surface area contributed by atoms with Crippen LogP contribution in [0.1, 0.15) is 25.0 Å². The maximum atomic E-state index is 6.78. The Morgan fingerprint density at radius 3 is 1.94 bits per heavy atom. The SMILES string of the molecule is CC1(C)c2ccccc2-c2ccc(N(c3ccc4oc5ccccc5c4c3)c3ccccc3-c3cccc4c3oc3cc5ccccc5cc34)cc21. The molecule has 8 aromatic carbocycles. The third-order valence-electron chi connectivity index (χ3n) is 11.2. The lowest BCUT2D eigenvalue weighted by Gasteiger charge is -2.30. The Morgan fingerprint density at radius 2 is 1.04 bits per heavy atom. The highest BCUT2D eigenvalue weighted by atomic mass is 16.3. The molecule has 0 saturated heterocycles. The fourth-order valence-electron chi connectivity index (χ4n) is 8.70. The summed E-state index contributed by atoms with van der Waals surface area (Å²) in [4.78, 5) is 2.41. The Labute approximate surface area is 301 Å². The molecule has 0 radical (unpaired) electrons. The van der Waals surface area contributed by atoms with Gasteiger partial charge in [-0.15, -0.1) is 0 Å². The fraction of sp³-hybridized carbons (Fsp3) is 0.0612. The summed E-state index contributed by atoms with van der Waals surface area (Å²) >= 11 is 0.